The number of aromatic hydroxyl groups is 1. The number of halogens is 1. The Bertz CT molecular complexity index is 949. The maximum Gasteiger partial charge on any atom is 0.195 e. The van der Waals surface area contributed by atoms with E-state index in [-0.39, 0.29) is 5.75 Å². The van der Waals surface area contributed by atoms with Crippen molar-refractivity contribution in [3.63, 3.8) is 0 Å². The second-order valence-corrected chi connectivity index (χ2v) is 7.58. The first-order valence-corrected chi connectivity index (χ1v) is 9.89. The van der Waals surface area contributed by atoms with Gasteiger partial charge in [0, 0.05) is 30.5 Å². The standard InChI is InChI=1S/C16H16ClN5O.C4H11N/c1-10-8-11(13(23)9-12(10)17)14-19-20-16(21-5-2-3-6-21)15-18-4-7-22(14)15;1-4-5(2)3/h4,7-9,23H,2-3,5-6H2,1H3;4H2,1-3H3. The number of anilines is 1. The molecule has 8 heteroatoms. The Kier molecular flexibility index (Phi) is 6.36. The average Bonchev–Trinajstić information content (AvgIpc) is 3.36. The highest BCUT2D eigenvalue weighted by Gasteiger charge is 2.21. The molecule has 0 aliphatic carbocycles. The van der Waals surface area contributed by atoms with Gasteiger partial charge in [0.1, 0.15) is 5.75 Å². The van der Waals surface area contributed by atoms with Crippen molar-refractivity contribution in [3.05, 3.63) is 35.1 Å². The summed E-state index contributed by atoms with van der Waals surface area (Å²) >= 11 is 6.06. The number of nitrogens with zero attached hydrogens (tertiary/aromatic N) is 6. The van der Waals surface area contributed by atoms with E-state index < -0.39 is 0 Å². The van der Waals surface area contributed by atoms with Gasteiger partial charge in [0.25, 0.3) is 0 Å². The summed E-state index contributed by atoms with van der Waals surface area (Å²) in [6.45, 7) is 7.10. The molecule has 150 valence electrons. The molecule has 0 radical (unpaired) electrons. The van der Waals surface area contributed by atoms with Crippen molar-refractivity contribution in [3.8, 4) is 17.1 Å². The van der Waals surface area contributed by atoms with Crippen molar-refractivity contribution in [2.24, 2.45) is 0 Å². The molecule has 28 heavy (non-hydrogen) atoms. The fraction of sp³-hybridized carbons (Fsp3) is 0.450. The Balaban J connectivity index is 0.000000403. The van der Waals surface area contributed by atoms with Crippen LogP contribution < -0.4 is 4.90 Å². The number of fused-ring (bicyclic) bond motifs is 1. The molecule has 1 aliphatic heterocycles. The minimum atomic E-state index is 0.0822. The fourth-order valence-corrected chi connectivity index (χ4v) is 3.15. The number of imidazole rings is 1. The number of phenols is 1. The molecule has 0 bridgehead atoms. The van der Waals surface area contributed by atoms with Crippen molar-refractivity contribution in [2.75, 3.05) is 38.6 Å². The van der Waals surface area contributed by atoms with Crippen LogP contribution in [0.1, 0.15) is 25.3 Å². The van der Waals surface area contributed by atoms with Crippen LogP contribution in [0, 0.1) is 6.92 Å². The van der Waals surface area contributed by atoms with E-state index in [1.54, 1.807) is 6.20 Å². The quantitative estimate of drug-likeness (QED) is 0.721. The number of hydrogen-bond acceptors (Lipinski definition) is 6. The first-order valence-electron chi connectivity index (χ1n) is 9.51. The summed E-state index contributed by atoms with van der Waals surface area (Å²) in [7, 11) is 4.11. The van der Waals surface area contributed by atoms with Crippen LogP contribution in [0.5, 0.6) is 5.75 Å². The zero-order valence-corrected chi connectivity index (χ0v) is 17.6. The van der Waals surface area contributed by atoms with Crippen LogP contribution >= 0.6 is 11.6 Å². The van der Waals surface area contributed by atoms with Crippen LogP contribution in [0.2, 0.25) is 5.02 Å². The summed E-state index contributed by atoms with van der Waals surface area (Å²) in [6, 6.07) is 3.35. The zero-order chi connectivity index (χ0) is 20.3. The number of phenolic OH excluding ortho intramolecular Hbond substituents is 1. The molecule has 0 atom stereocenters. The number of aromatic nitrogens is 4. The summed E-state index contributed by atoms with van der Waals surface area (Å²) in [6.07, 6.45) is 5.88. The van der Waals surface area contributed by atoms with Gasteiger partial charge in [-0.2, -0.15) is 0 Å². The van der Waals surface area contributed by atoms with E-state index in [1.165, 1.54) is 6.07 Å². The second kappa shape index (κ2) is 8.75. The maximum atomic E-state index is 10.3. The van der Waals surface area contributed by atoms with Gasteiger partial charge in [0.05, 0.1) is 5.56 Å². The molecule has 1 N–H and O–H groups in total. The van der Waals surface area contributed by atoms with E-state index in [4.69, 9.17) is 11.6 Å². The van der Waals surface area contributed by atoms with Crippen LogP contribution in [0.15, 0.2) is 24.5 Å². The molecule has 0 amide bonds. The minimum Gasteiger partial charge on any atom is -0.507 e. The molecule has 2 aromatic heterocycles. The lowest BCUT2D eigenvalue weighted by molar-refractivity contribution is 0.434. The third kappa shape index (κ3) is 4.20. The number of rotatable bonds is 3. The van der Waals surface area contributed by atoms with E-state index in [0.29, 0.717) is 16.4 Å². The van der Waals surface area contributed by atoms with Crippen LogP contribution in [0.4, 0.5) is 5.82 Å². The van der Waals surface area contributed by atoms with Gasteiger partial charge >= 0.3 is 0 Å². The first kappa shape index (κ1) is 20.4. The van der Waals surface area contributed by atoms with Crippen LogP contribution in [0.25, 0.3) is 17.0 Å². The molecule has 3 aromatic rings. The Hall–Kier alpha value is -2.38. The lowest BCUT2D eigenvalue weighted by Gasteiger charge is -2.17. The molecule has 1 aromatic carbocycles. The van der Waals surface area contributed by atoms with Crippen LogP contribution in [-0.2, 0) is 0 Å². The summed E-state index contributed by atoms with van der Waals surface area (Å²) in [5.41, 5.74) is 2.22. The molecular formula is C20H27ClN6O. The van der Waals surface area contributed by atoms with Gasteiger partial charge in [-0.05, 0) is 58.1 Å². The van der Waals surface area contributed by atoms with E-state index in [0.717, 1.165) is 49.5 Å². The normalized spacial score (nSPS) is 13.9. The molecule has 1 fully saturated rings. The highest BCUT2D eigenvalue weighted by Crippen LogP contribution is 2.34. The average molecular weight is 403 g/mol. The van der Waals surface area contributed by atoms with Crippen molar-refractivity contribution in [1.29, 1.82) is 0 Å². The van der Waals surface area contributed by atoms with Crippen molar-refractivity contribution in [1.82, 2.24) is 24.5 Å². The number of benzene rings is 1. The van der Waals surface area contributed by atoms with E-state index in [1.807, 2.05) is 23.6 Å². The molecule has 4 rings (SSSR count). The van der Waals surface area contributed by atoms with Crippen LogP contribution in [0.3, 0.4) is 0 Å². The predicted octanol–water partition coefficient (Wildman–Crippen LogP) is 3.63. The molecular weight excluding hydrogens is 376 g/mol. The smallest absolute Gasteiger partial charge is 0.195 e. The monoisotopic (exact) mass is 402 g/mol. The molecule has 3 heterocycles. The highest BCUT2D eigenvalue weighted by atomic mass is 35.5. The third-order valence-corrected chi connectivity index (χ3v) is 5.27. The van der Waals surface area contributed by atoms with Gasteiger partial charge in [-0.1, -0.05) is 18.5 Å². The SMILES string of the molecule is CCN(C)C.Cc1cc(-c2nnc(N3CCCC3)c3nccn23)c(O)cc1Cl. The van der Waals surface area contributed by atoms with Gasteiger partial charge in [-0.15, -0.1) is 10.2 Å². The molecule has 0 spiro atoms. The fourth-order valence-electron chi connectivity index (χ4n) is 2.99. The summed E-state index contributed by atoms with van der Waals surface area (Å²) in [5, 5.41) is 19.5. The van der Waals surface area contributed by atoms with Gasteiger partial charge in [0.2, 0.25) is 0 Å². The Morgan fingerprint density at radius 1 is 1.18 bits per heavy atom. The third-order valence-electron chi connectivity index (χ3n) is 4.86. The highest BCUT2D eigenvalue weighted by molar-refractivity contribution is 6.31. The van der Waals surface area contributed by atoms with Crippen molar-refractivity contribution >= 4 is 23.1 Å². The van der Waals surface area contributed by atoms with E-state index in [2.05, 4.69) is 46.0 Å². The predicted molar refractivity (Wildman–Crippen MR) is 113 cm³/mol. The van der Waals surface area contributed by atoms with Crippen molar-refractivity contribution < 1.29 is 5.11 Å². The molecule has 7 nitrogen and oxygen atoms in total. The van der Waals surface area contributed by atoms with Gasteiger partial charge in [0.15, 0.2) is 17.3 Å². The summed E-state index contributed by atoms with van der Waals surface area (Å²) in [5.74, 6) is 1.43. The lowest BCUT2D eigenvalue weighted by atomic mass is 10.1. The Morgan fingerprint density at radius 3 is 2.50 bits per heavy atom. The Labute approximate surface area is 170 Å². The maximum absolute atomic E-state index is 10.3. The van der Waals surface area contributed by atoms with E-state index in [9.17, 15) is 5.11 Å². The summed E-state index contributed by atoms with van der Waals surface area (Å²) in [4.78, 5) is 8.76. The Morgan fingerprint density at radius 2 is 1.86 bits per heavy atom. The van der Waals surface area contributed by atoms with Gasteiger partial charge in [-0.25, -0.2) is 4.98 Å². The molecule has 1 saturated heterocycles. The zero-order valence-electron chi connectivity index (χ0n) is 16.9. The number of aryl methyl sites for hydroxylation is 1. The lowest BCUT2D eigenvalue weighted by Crippen LogP contribution is -2.21. The van der Waals surface area contributed by atoms with Gasteiger partial charge < -0.3 is 14.9 Å². The molecule has 0 saturated carbocycles. The minimum absolute atomic E-state index is 0.0822. The second-order valence-electron chi connectivity index (χ2n) is 7.18. The van der Waals surface area contributed by atoms with E-state index >= 15 is 0 Å². The molecule has 1 aliphatic rings. The molecule has 0 unspecified atom stereocenters. The van der Waals surface area contributed by atoms with Crippen molar-refractivity contribution in [2.45, 2.75) is 26.7 Å². The van der Waals surface area contributed by atoms with Gasteiger partial charge in [-0.3, -0.25) is 4.40 Å². The topological polar surface area (TPSA) is 69.8 Å². The number of hydrogen-bond donors (Lipinski definition) is 1. The summed E-state index contributed by atoms with van der Waals surface area (Å²) < 4.78 is 1.86. The largest absolute Gasteiger partial charge is 0.507 e. The first-order chi connectivity index (χ1) is 13.4. The van der Waals surface area contributed by atoms with Crippen LogP contribution in [-0.4, -0.2) is 63.3 Å².